The van der Waals surface area contributed by atoms with E-state index >= 15 is 0 Å². The van der Waals surface area contributed by atoms with Crippen molar-refractivity contribution in [1.82, 2.24) is 5.32 Å². The molecule has 0 saturated heterocycles. The zero-order valence-electron chi connectivity index (χ0n) is 10.5. The summed E-state index contributed by atoms with van der Waals surface area (Å²) in [4.78, 5) is 0. The molecule has 98 valence electrons. The number of hydrogen-bond acceptors (Lipinski definition) is 3. The third kappa shape index (κ3) is 4.76. The highest BCUT2D eigenvalue weighted by Gasteiger charge is 2.24. The van der Waals surface area contributed by atoms with Crippen molar-refractivity contribution >= 4 is 34.5 Å². The number of nitrogens with one attached hydrogen (secondary N) is 1. The maximum Gasteiger partial charge on any atom is 0.0981 e. The van der Waals surface area contributed by atoms with Crippen LogP contribution >= 0.6 is 34.5 Å². The summed E-state index contributed by atoms with van der Waals surface area (Å²) in [6.07, 6.45) is 1.02. The Bertz CT molecular complexity index is 352. The van der Waals surface area contributed by atoms with Crippen LogP contribution in [0.3, 0.4) is 0 Å². The van der Waals surface area contributed by atoms with Crippen molar-refractivity contribution in [2.24, 2.45) is 0 Å². The van der Waals surface area contributed by atoms with E-state index in [9.17, 15) is 0 Å². The van der Waals surface area contributed by atoms with Gasteiger partial charge in [0.05, 0.1) is 15.3 Å². The van der Waals surface area contributed by atoms with Crippen molar-refractivity contribution in [3.8, 4) is 0 Å². The molecule has 0 bridgehead atoms. The summed E-state index contributed by atoms with van der Waals surface area (Å²) in [6, 6.07) is 1.98. The van der Waals surface area contributed by atoms with Crippen LogP contribution < -0.4 is 5.32 Å². The maximum atomic E-state index is 6.19. The fourth-order valence-corrected chi connectivity index (χ4v) is 3.45. The van der Waals surface area contributed by atoms with Crippen LogP contribution in [0, 0.1) is 0 Å². The van der Waals surface area contributed by atoms with E-state index < -0.39 is 0 Å². The van der Waals surface area contributed by atoms with E-state index in [4.69, 9.17) is 27.9 Å². The molecule has 0 spiro atoms. The minimum atomic E-state index is 0.0425. The molecule has 1 heterocycles. The third-order valence-electron chi connectivity index (χ3n) is 2.80. The molecule has 0 aliphatic heterocycles. The summed E-state index contributed by atoms with van der Waals surface area (Å²) in [5.74, 6) is 0. The Morgan fingerprint density at radius 2 is 2.06 bits per heavy atom. The number of ether oxygens (including phenoxy) is 1. The van der Waals surface area contributed by atoms with Gasteiger partial charge in [-0.15, -0.1) is 11.3 Å². The monoisotopic (exact) mass is 295 g/mol. The number of hydrogen-bond donors (Lipinski definition) is 1. The molecule has 0 aromatic carbocycles. The van der Waals surface area contributed by atoms with E-state index in [2.05, 4.69) is 19.2 Å². The van der Waals surface area contributed by atoms with E-state index in [0.717, 1.165) is 40.4 Å². The summed E-state index contributed by atoms with van der Waals surface area (Å²) in [5, 5.41) is 3.34. The van der Waals surface area contributed by atoms with Crippen molar-refractivity contribution in [3.05, 3.63) is 20.3 Å². The van der Waals surface area contributed by atoms with Crippen molar-refractivity contribution < 1.29 is 4.74 Å². The molecule has 5 heteroatoms. The first-order chi connectivity index (χ1) is 7.97. The van der Waals surface area contributed by atoms with Gasteiger partial charge in [-0.3, -0.25) is 0 Å². The summed E-state index contributed by atoms with van der Waals surface area (Å²) in [5.41, 5.74) is 1.18. The van der Waals surface area contributed by atoms with Crippen LogP contribution in [-0.2, 0) is 10.2 Å². The second-order valence-corrected chi connectivity index (χ2v) is 6.90. The molecule has 1 aromatic rings. The van der Waals surface area contributed by atoms with Crippen LogP contribution in [0.25, 0.3) is 0 Å². The first-order valence-corrected chi connectivity index (χ1v) is 7.19. The molecule has 17 heavy (non-hydrogen) atoms. The molecule has 0 amide bonds. The molecule has 1 rings (SSSR count). The molecular weight excluding hydrogens is 277 g/mol. The van der Waals surface area contributed by atoms with Gasteiger partial charge in [0.15, 0.2) is 0 Å². The van der Waals surface area contributed by atoms with E-state index in [1.54, 1.807) is 7.11 Å². The van der Waals surface area contributed by atoms with Crippen molar-refractivity contribution in [2.75, 3.05) is 26.8 Å². The first kappa shape index (κ1) is 15.3. The highest BCUT2D eigenvalue weighted by molar-refractivity contribution is 7.20. The lowest BCUT2D eigenvalue weighted by Crippen LogP contribution is -2.27. The van der Waals surface area contributed by atoms with Crippen LogP contribution in [0.4, 0.5) is 0 Å². The Morgan fingerprint density at radius 1 is 1.35 bits per heavy atom. The van der Waals surface area contributed by atoms with Crippen LogP contribution in [0.2, 0.25) is 8.67 Å². The minimum Gasteiger partial charge on any atom is -0.383 e. The van der Waals surface area contributed by atoms with E-state index in [-0.39, 0.29) is 5.41 Å². The highest BCUT2D eigenvalue weighted by atomic mass is 35.5. The van der Waals surface area contributed by atoms with Crippen molar-refractivity contribution in [2.45, 2.75) is 25.7 Å². The van der Waals surface area contributed by atoms with Gasteiger partial charge >= 0.3 is 0 Å². The van der Waals surface area contributed by atoms with E-state index in [1.165, 1.54) is 11.3 Å². The standard InChI is InChI=1S/C12H19Cl2NOS/c1-12(2,4-5-15-6-7-16-3)9-8-10(13)17-11(9)14/h8,15H,4-7H2,1-3H3. The molecule has 1 aromatic heterocycles. The predicted molar refractivity (Wildman–Crippen MR) is 76.7 cm³/mol. The highest BCUT2D eigenvalue weighted by Crippen LogP contribution is 2.40. The van der Waals surface area contributed by atoms with Gasteiger partial charge in [-0.2, -0.15) is 0 Å². The lowest BCUT2D eigenvalue weighted by atomic mass is 9.83. The Hall–Kier alpha value is 0.200. The minimum absolute atomic E-state index is 0.0425. The topological polar surface area (TPSA) is 21.3 Å². The summed E-state index contributed by atoms with van der Waals surface area (Å²) < 4.78 is 6.54. The number of methoxy groups -OCH3 is 1. The van der Waals surface area contributed by atoms with E-state index in [0.29, 0.717) is 0 Å². The van der Waals surface area contributed by atoms with Gasteiger partial charge in [-0.25, -0.2) is 0 Å². The first-order valence-electron chi connectivity index (χ1n) is 5.62. The quantitative estimate of drug-likeness (QED) is 0.769. The van der Waals surface area contributed by atoms with Gasteiger partial charge in [0.25, 0.3) is 0 Å². The largest absolute Gasteiger partial charge is 0.383 e. The average molecular weight is 296 g/mol. The van der Waals surface area contributed by atoms with Crippen LogP contribution in [-0.4, -0.2) is 26.8 Å². The smallest absolute Gasteiger partial charge is 0.0981 e. The maximum absolute atomic E-state index is 6.19. The molecule has 0 unspecified atom stereocenters. The fraction of sp³-hybridized carbons (Fsp3) is 0.667. The molecule has 0 radical (unpaired) electrons. The molecule has 0 aliphatic carbocycles. The van der Waals surface area contributed by atoms with Crippen molar-refractivity contribution in [3.63, 3.8) is 0 Å². The Morgan fingerprint density at radius 3 is 2.59 bits per heavy atom. The van der Waals surface area contributed by atoms with Gasteiger partial charge in [-0.1, -0.05) is 37.0 Å². The Kier molecular flexibility index (Phi) is 6.24. The number of halogens is 2. The summed E-state index contributed by atoms with van der Waals surface area (Å²) in [7, 11) is 1.71. The molecule has 1 N–H and O–H groups in total. The zero-order chi connectivity index (χ0) is 12.9. The summed E-state index contributed by atoms with van der Waals surface area (Å²) in [6.45, 7) is 6.95. The fourth-order valence-electron chi connectivity index (χ4n) is 1.64. The third-order valence-corrected chi connectivity index (χ3v) is 4.28. The molecule has 0 atom stereocenters. The second kappa shape index (κ2) is 6.95. The van der Waals surface area contributed by atoms with Gasteiger partial charge < -0.3 is 10.1 Å². The second-order valence-electron chi connectivity index (χ2n) is 4.61. The number of thiophene rings is 1. The number of rotatable bonds is 7. The van der Waals surface area contributed by atoms with Gasteiger partial charge in [0.2, 0.25) is 0 Å². The molecule has 0 fully saturated rings. The van der Waals surface area contributed by atoms with Crippen molar-refractivity contribution in [1.29, 1.82) is 0 Å². The Labute approximate surface area is 117 Å². The van der Waals surface area contributed by atoms with Crippen LogP contribution in [0.15, 0.2) is 6.07 Å². The zero-order valence-corrected chi connectivity index (χ0v) is 12.8. The van der Waals surface area contributed by atoms with Gasteiger partial charge in [0, 0.05) is 13.7 Å². The normalized spacial score (nSPS) is 12.1. The summed E-state index contributed by atoms with van der Waals surface area (Å²) >= 11 is 13.6. The van der Waals surface area contributed by atoms with Crippen LogP contribution in [0.1, 0.15) is 25.8 Å². The lowest BCUT2D eigenvalue weighted by Gasteiger charge is -2.24. The molecular formula is C12H19Cl2NOS. The SMILES string of the molecule is COCCNCCC(C)(C)c1cc(Cl)sc1Cl. The van der Waals surface area contributed by atoms with E-state index in [1.807, 2.05) is 6.07 Å². The molecule has 0 aliphatic rings. The Balaban J connectivity index is 2.48. The average Bonchev–Trinajstić information content (AvgIpc) is 2.58. The predicted octanol–water partition coefficient (Wildman–Crippen LogP) is 3.96. The van der Waals surface area contributed by atoms with Gasteiger partial charge in [-0.05, 0) is 30.0 Å². The van der Waals surface area contributed by atoms with Gasteiger partial charge in [0.1, 0.15) is 0 Å². The lowest BCUT2D eigenvalue weighted by molar-refractivity contribution is 0.198. The molecule has 2 nitrogen and oxygen atoms in total. The molecule has 0 saturated carbocycles. The van der Waals surface area contributed by atoms with Crippen LogP contribution in [0.5, 0.6) is 0 Å².